The van der Waals surface area contributed by atoms with Crippen LogP contribution in [0.2, 0.25) is 0 Å². The van der Waals surface area contributed by atoms with E-state index in [-0.39, 0.29) is 0 Å². The number of hydrogen-bond acceptors (Lipinski definition) is 7. The first kappa shape index (κ1) is 20.5. The number of hydrogen-bond donors (Lipinski definition) is 1. The second kappa shape index (κ2) is 8.64. The zero-order valence-corrected chi connectivity index (χ0v) is 18.7. The number of nitrogens with zero attached hydrogens (tertiary/aromatic N) is 6. The Bertz CT molecular complexity index is 1280. The van der Waals surface area contributed by atoms with Gasteiger partial charge in [0.2, 0.25) is 0 Å². The van der Waals surface area contributed by atoms with Gasteiger partial charge in [0, 0.05) is 61.8 Å². The summed E-state index contributed by atoms with van der Waals surface area (Å²) in [6.45, 7) is 3.01. The summed E-state index contributed by atoms with van der Waals surface area (Å²) >= 11 is 0. The number of fused-ring (bicyclic) bond motifs is 1. The molecule has 9 nitrogen and oxygen atoms in total. The number of anilines is 1. The molecule has 4 aromatic rings. The Labute approximate surface area is 188 Å². The number of nitrogens with one attached hydrogen (secondary N) is 1. The Morgan fingerprint density at radius 1 is 1.09 bits per heavy atom. The van der Waals surface area contributed by atoms with Crippen molar-refractivity contribution in [1.29, 1.82) is 0 Å². The molecule has 1 saturated heterocycles. The maximum Gasteiger partial charge on any atom is 0.132 e. The summed E-state index contributed by atoms with van der Waals surface area (Å²) in [5.41, 5.74) is 4.34. The lowest BCUT2D eigenvalue weighted by Gasteiger charge is -2.33. The van der Waals surface area contributed by atoms with E-state index in [9.17, 15) is 4.21 Å². The van der Waals surface area contributed by atoms with Crippen LogP contribution in [0.5, 0.6) is 5.75 Å². The average molecular weight is 450 g/mol. The zero-order chi connectivity index (χ0) is 22.1. The molecule has 1 atom stereocenters. The molecule has 32 heavy (non-hydrogen) atoms. The molecule has 4 heterocycles. The molecule has 1 aliphatic heterocycles. The van der Waals surface area contributed by atoms with Gasteiger partial charge >= 0.3 is 0 Å². The Balaban J connectivity index is 1.49. The zero-order valence-electron chi connectivity index (χ0n) is 17.9. The second-order valence-corrected chi connectivity index (χ2v) is 8.87. The molecule has 1 unspecified atom stereocenters. The van der Waals surface area contributed by atoms with Crippen molar-refractivity contribution in [3.8, 4) is 28.3 Å². The minimum absolute atomic E-state index is 0.740. The fourth-order valence-electron chi connectivity index (χ4n) is 3.98. The van der Waals surface area contributed by atoms with Gasteiger partial charge in [0.25, 0.3) is 0 Å². The van der Waals surface area contributed by atoms with E-state index < -0.39 is 11.0 Å². The van der Waals surface area contributed by atoms with E-state index >= 15 is 0 Å². The van der Waals surface area contributed by atoms with Crippen molar-refractivity contribution in [1.82, 2.24) is 29.5 Å². The molecule has 0 bridgehead atoms. The third-order valence-corrected chi connectivity index (χ3v) is 6.79. The molecule has 1 aromatic carbocycles. The molecule has 5 rings (SSSR count). The van der Waals surface area contributed by atoms with Crippen molar-refractivity contribution in [2.75, 3.05) is 44.4 Å². The van der Waals surface area contributed by atoms with E-state index in [2.05, 4.69) is 36.1 Å². The lowest BCUT2D eigenvalue weighted by molar-refractivity contribution is 0.411. The molecule has 0 radical (unpaired) electrons. The van der Waals surface area contributed by atoms with Gasteiger partial charge in [-0.25, -0.2) is 18.5 Å². The molecule has 1 aliphatic rings. The number of H-pyrrole nitrogens is 1. The lowest BCUT2D eigenvalue weighted by Crippen LogP contribution is -2.47. The highest BCUT2D eigenvalue weighted by Gasteiger charge is 2.21. The van der Waals surface area contributed by atoms with Gasteiger partial charge in [-0.3, -0.25) is 10.1 Å². The van der Waals surface area contributed by atoms with E-state index in [0.717, 1.165) is 71.2 Å². The number of methoxy groups -OCH3 is 1. The number of piperazine rings is 1. The summed E-state index contributed by atoms with van der Waals surface area (Å²) in [4.78, 5) is 15.4. The monoisotopic (exact) mass is 449 g/mol. The van der Waals surface area contributed by atoms with Crippen LogP contribution in [0.4, 0.5) is 5.82 Å². The SMILES string of the molecule is COc1ccncc1-c1ccc2[nH]nc(-c3cc(N4CCN(S(C)=O)CC4)ncn3)c2c1. The summed E-state index contributed by atoms with van der Waals surface area (Å²) in [6.07, 6.45) is 6.80. The van der Waals surface area contributed by atoms with Gasteiger partial charge in [-0.05, 0) is 23.8 Å². The van der Waals surface area contributed by atoms with Crippen LogP contribution in [-0.4, -0.2) is 73.2 Å². The van der Waals surface area contributed by atoms with Crippen molar-refractivity contribution >= 4 is 27.7 Å². The average Bonchev–Trinajstić information content (AvgIpc) is 3.27. The molecule has 164 valence electrons. The second-order valence-electron chi connectivity index (χ2n) is 7.51. The molecule has 10 heteroatoms. The topological polar surface area (TPSA) is 100 Å². The molecule has 3 aromatic heterocycles. The molecule has 0 aliphatic carbocycles. The Morgan fingerprint density at radius 2 is 1.94 bits per heavy atom. The Hall–Kier alpha value is -3.37. The van der Waals surface area contributed by atoms with E-state index in [1.54, 1.807) is 32.1 Å². The standard InChI is InChI=1S/C22H23N7O2S/c1-31-20-5-6-23-13-17(20)15-3-4-18-16(11-15)22(27-26-18)19-12-21(25-14-24-19)28-7-9-29(10-8-28)32(2)30/h3-6,11-14H,7-10H2,1-2H3,(H,26,27). The van der Waals surface area contributed by atoms with Crippen LogP contribution in [-0.2, 0) is 11.0 Å². The minimum atomic E-state index is -0.942. The van der Waals surface area contributed by atoms with Gasteiger partial charge in [0.1, 0.15) is 23.6 Å². The molecule has 1 N–H and O–H groups in total. The number of benzene rings is 1. The first-order valence-corrected chi connectivity index (χ1v) is 11.8. The van der Waals surface area contributed by atoms with Crippen LogP contribution in [0, 0.1) is 0 Å². The first-order valence-electron chi connectivity index (χ1n) is 10.3. The maximum absolute atomic E-state index is 11.7. The number of rotatable bonds is 5. The number of aromatic amines is 1. The van der Waals surface area contributed by atoms with Crippen molar-refractivity contribution < 1.29 is 8.95 Å². The van der Waals surface area contributed by atoms with Crippen molar-refractivity contribution in [3.05, 3.63) is 49.1 Å². The fraction of sp³-hybridized carbons (Fsp3) is 0.273. The smallest absolute Gasteiger partial charge is 0.132 e. The van der Waals surface area contributed by atoms with Crippen LogP contribution in [0.3, 0.4) is 0 Å². The largest absolute Gasteiger partial charge is 0.496 e. The highest BCUT2D eigenvalue weighted by atomic mass is 32.2. The predicted molar refractivity (Wildman–Crippen MR) is 125 cm³/mol. The fourth-order valence-corrected chi connectivity index (χ4v) is 4.65. The molecule has 0 spiro atoms. The number of ether oxygens (including phenoxy) is 1. The Morgan fingerprint density at radius 3 is 2.72 bits per heavy atom. The number of aromatic nitrogens is 5. The van der Waals surface area contributed by atoms with Gasteiger partial charge in [0.05, 0.1) is 29.3 Å². The van der Waals surface area contributed by atoms with Crippen LogP contribution in [0.1, 0.15) is 0 Å². The summed E-state index contributed by atoms with van der Waals surface area (Å²) < 4.78 is 19.2. The molecule has 0 amide bonds. The molecular formula is C22H23N7O2S. The summed E-state index contributed by atoms with van der Waals surface area (Å²) in [6, 6.07) is 9.91. The molecular weight excluding hydrogens is 426 g/mol. The number of pyridine rings is 1. The normalized spacial score (nSPS) is 15.8. The van der Waals surface area contributed by atoms with Crippen molar-refractivity contribution in [2.24, 2.45) is 0 Å². The summed E-state index contributed by atoms with van der Waals surface area (Å²) in [7, 11) is 0.712. The van der Waals surface area contributed by atoms with Crippen LogP contribution in [0.25, 0.3) is 33.4 Å². The van der Waals surface area contributed by atoms with E-state index in [1.165, 1.54) is 0 Å². The maximum atomic E-state index is 11.7. The predicted octanol–water partition coefficient (Wildman–Crippen LogP) is 2.51. The third-order valence-electron chi connectivity index (χ3n) is 5.70. The first-order chi connectivity index (χ1) is 15.6. The van der Waals surface area contributed by atoms with Gasteiger partial charge in [-0.1, -0.05) is 6.07 Å². The summed E-state index contributed by atoms with van der Waals surface area (Å²) in [5, 5.41) is 8.60. The van der Waals surface area contributed by atoms with Gasteiger partial charge < -0.3 is 9.64 Å². The third kappa shape index (κ3) is 3.82. The van der Waals surface area contributed by atoms with Gasteiger partial charge in [0.15, 0.2) is 0 Å². The minimum Gasteiger partial charge on any atom is -0.496 e. The quantitative estimate of drug-likeness (QED) is 0.500. The van der Waals surface area contributed by atoms with Gasteiger partial charge in [-0.15, -0.1) is 0 Å². The molecule has 1 fully saturated rings. The summed E-state index contributed by atoms with van der Waals surface area (Å²) in [5.74, 6) is 1.61. The van der Waals surface area contributed by atoms with Crippen LogP contribution >= 0.6 is 0 Å². The lowest BCUT2D eigenvalue weighted by atomic mass is 10.0. The molecule has 0 saturated carbocycles. The van der Waals surface area contributed by atoms with Crippen LogP contribution < -0.4 is 9.64 Å². The Kier molecular flexibility index (Phi) is 5.54. The van der Waals surface area contributed by atoms with Gasteiger partial charge in [-0.2, -0.15) is 5.10 Å². The van der Waals surface area contributed by atoms with E-state index in [0.29, 0.717) is 0 Å². The van der Waals surface area contributed by atoms with Crippen LogP contribution in [0.15, 0.2) is 49.1 Å². The van der Waals surface area contributed by atoms with E-state index in [4.69, 9.17) is 4.74 Å². The highest BCUT2D eigenvalue weighted by Crippen LogP contribution is 2.34. The van der Waals surface area contributed by atoms with E-state index in [1.807, 2.05) is 28.6 Å². The van der Waals surface area contributed by atoms with Crippen molar-refractivity contribution in [2.45, 2.75) is 0 Å². The highest BCUT2D eigenvalue weighted by molar-refractivity contribution is 7.81. The van der Waals surface area contributed by atoms with Crippen molar-refractivity contribution in [3.63, 3.8) is 0 Å².